The van der Waals surface area contributed by atoms with Crippen molar-refractivity contribution in [1.29, 1.82) is 0 Å². The number of hydrogen-bond donors (Lipinski definition) is 1. The number of halogens is 2. The lowest BCUT2D eigenvalue weighted by Gasteiger charge is -2.23. The molecule has 4 nitrogen and oxygen atoms in total. The van der Waals surface area contributed by atoms with Gasteiger partial charge in [0.2, 0.25) is 0 Å². The summed E-state index contributed by atoms with van der Waals surface area (Å²) in [5.41, 5.74) is 0.608. The Morgan fingerprint density at radius 2 is 2.12 bits per heavy atom. The third-order valence-electron chi connectivity index (χ3n) is 4.02. The second kappa shape index (κ2) is 7.85. The summed E-state index contributed by atoms with van der Waals surface area (Å²) in [6, 6.07) is 8.69. The van der Waals surface area contributed by atoms with Gasteiger partial charge in [-0.3, -0.25) is 4.79 Å². The molecule has 1 fully saturated rings. The Hall–Kier alpha value is -2.11. The Balaban J connectivity index is 1.74. The molecule has 1 aliphatic heterocycles. The van der Waals surface area contributed by atoms with Gasteiger partial charge in [0, 0.05) is 12.8 Å². The standard InChI is InChI=1S/C19H18ClFO4/c20-15-6-4-12(9-16(15)21)10-18(23)14-11-13(5-7-17(14)22)25-19-3-1-2-8-24-19/h4-7,9,11,19,22H,1-3,8,10H2. The van der Waals surface area contributed by atoms with E-state index in [9.17, 15) is 14.3 Å². The smallest absolute Gasteiger partial charge is 0.199 e. The number of phenols is 1. The number of benzene rings is 2. The monoisotopic (exact) mass is 364 g/mol. The van der Waals surface area contributed by atoms with E-state index in [2.05, 4.69) is 0 Å². The van der Waals surface area contributed by atoms with Crippen LogP contribution in [0.3, 0.4) is 0 Å². The Morgan fingerprint density at radius 1 is 1.28 bits per heavy atom. The Kier molecular flexibility index (Phi) is 5.56. The molecule has 1 N–H and O–H groups in total. The lowest BCUT2D eigenvalue weighted by molar-refractivity contribution is -0.105. The van der Waals surface area contributed by atoms with Crippen LogP contribution in [0, 0.1) is 5.82 Å². The van der Waals surface area contributed by atoms with E-state index in [1.165, 1.54) is 24.3 Å². The SMILES string of the molecule is O=C(Cc1ccc(Cl)c(F)c1)c1cc(OC2CCCCO2)ccc1O. The molecule has 25 heavy (non-hydrogen) atoms. The molecule has 1 atom stereocenters. The largest absolute Gasteiger partial charge is 0.507 e. The predicted molar refractivity (Wildman–Crippen MR) is 91.8 cm³/mol. The van der Waals surface area contributed by atoms with Crippen molar-refractivity contribution in [2.75, 3.05) is 6.61 Å². The van der Waals surface area contributed by atoms with Crippen molar-refractivity contribution in [2.45, 2.75) is 32.0 Å². The number of ketones is 1. The van der Waals surface area contributed by atoms with Crippen molar-refractivity contribution in [2.24, 2.45) is 0 Å². The molecule has 0 aliphatic carbocycles. The molecule has 2 aromatic rings. The molecule has 2 aromatic carbocycles. The third kappa shape index (κ3) is 4.50. The minimum atomic E-state index is -0.581. The number of ether oxygens (including phenoxy) is 2. The van der Waals surface area contributed by atoms with Gasteiger partial charge in [0.25, 0.3) is 0 Å². The van der Waals surface area contributed by atoms with E-state index in [4.69, 9.17) is 21.1 Å². The highest BCUT2D eigenvalue weighted by atomic mass is 35.5. The van der Waals surface area contributed by atoms with E-state index in [0.717, 1.165) is 19.3 Å². The fourth-order valence-corrected chi connectivity index (χ4v) is 2.82. The minimum absolute atomic E-state index is 0.00178. The maximum Gasteiger partial charge on any atom is 0.199 e. The van der Waals surface area contributed by atoms with Gasteiger partial charge in [-0.1, -0.05) is 17.7 Å². The molecule has 0 aromatic heterocycles. The summed E-state index contributed by atoms with van der Waals surface area (Å²) in [6.45, 7) is 0.649. The first-order chi connectivity index (χ1) is 12.0. The summed E-state index contributed by atoms with van der Waals surface area (Å²) in [4.78, 5) is 12.5. The molecule has 0 bridgehead atoms. The van der Waals surface area contributed by atoms with Crippen LogP contribution in [0.5, 0.6) is 11.5 Å². The molecule has 1 heterocycles. The van der Waals surface area contributed by atoms with Crippen LogP contribution in [0.4, 0.5) is 4.39 Å². The molecular formula is C19H18ClFO4. The quantitative estimate of drug-likeness (QED) is 0.793. The van der Waals surface area contributed by atoms with Crippen molar-refractivity contribution in [3.63, 3.8) is 0 Å². The van der Waals surface area contributed by atoms with Gasteiger partial charge < -0.3 is 14.6 Å². The molecule has 3 rings (SSSR count). The maximum absolute atomic E-state index is 13.5. The van der Waals surface area contributed by atoms with Crippen LogP contribution in [0.1, 0.15) is 35.2 Å². The average Bonchev–Trinajstić information content (AvgIpc) is 2.61. The number of aromatic hydroxyl groups is 1. The van der Waals surface area contributed by atoms with E-state index in [0.29, 0.717) is 17.9 Å². The van der Waals surface area contributed by atoms with E-state index >= 15 is 0 Å². The predicted octanol–water partition coefficient (Wildman–Crippen LogP) is 4.52. The van der Waals surface area contributed by atoms with Crippen LogP contribution in [0.25, 0.3) is 0 Å². The Labute approximate surface area is 150 Å². The van der Waals surface area contributed by atoms with Crippen molar-refractivity contribution < 1.29 is 23.8 Å². The Bertz CT molecular complexity index is 772. The number of carbonyl (C=O) groups is 1. The summed E-state index contributed by atoms with van der Waals surface area (Å²) >= 11 is 5.64. The maximum atomic E-state index is 13.5. The van der Waals surface area contributed by atoms with E-state index < -0.39 is 5.82 Å². The summed E-state index contributed by atoms with van der Waals surface area (Å²) in [5.74, 6) is -0.608. The highest BCUT2D eigenvalue weighted by Gasteiger charge is 2.18. The molecule has 1 unspecified atom stereocenters. The summed E-state index contributed by atoms with van der Waals surface area (Å²) in [7, 11) is 0. The number of carbonyl (C=O) groups excluding carboxylic acids is 1. The molecule has 1 aliphatic rings. The fourth-order valence-electron chi connectivity index (χ4n) is 2.70. The second-order valence-corrected chi connectivity index (χ2v) is 6.35. The highest BCUT2D eigenvalue weighted by molar-refractivity contribution is 6.30. The number of Topliss-reactive ketones (excluding diaryl/α,β-unsaturated/α-hetero) is 1. The minimum Gasteiger partial charge on any atom is -0.507 e. The van der Waals surface area contributed by atoms with Gasteiger partial charge in [-0.15, -0.1) is 0 Å². The molecular weight excluding hydrogens is 347 g/mol. The first kappa shape index (κ1) is 17.7. The van der Waals surface area contributed by atoms with Gasteiger partial charge in [0.1, 0.15) is 17.3 Å². The lowest BCUT2D eigenvalue weighted by atomic mass is 10.0. The topological polar surface area (TPSA) is 55.8 Å². The summed E-state index contributed by atoms with van der Waals surface area (Å²) in [6.07, 6.45) is 2.43. The van der Waals surface area contributed by atoms with Crippen molar-refractivity contribution >= 4 is 17.4 Å². The summed E-state index contributed by atoms with van der Waals surface area (Å²) < 4.78 is 24.7. The zero-order valence-electron chi connectivity index (χ0n) is 13.5. The van der Waals surface area contributed by atoms with Crippen LogP contribution in [-0.2, 0) is 11.2 Å². The molecule has 1 saturated heterocycles. The van der Waals surface area contributed by atoms with Crippen LogP contribution in [0.15, 0.2) is 36.4 Å². The van der Waals surface area contributed by atoms with E-state index in [1.54, 1.807) is 12.1 Å². The first-order valence-electron chi connectivity index (χ1n) is 8.11. The summed E-state index contributed by atoms with van der Waals surface area (Å²) in [5, 5.41) is 9.99. The molecule has 0 saturated carbocycles. The second-order valence-electron chi connectivity index (χ2n) is 5.94. The zero-order chi connectivity index (χ0) is 17.8. The van der Waals surface area contributed by atoms with Gasteiger partial charge in [0.15, 0.2) is 12.1 Å². The highest BCUT2D eigenvalue weighted by Crippen LogP contribution is 2.27. The molecule has 6 heteroatoms. The van der Waals surface area contributed by atoms with Crippen LogP contribution < -0.4 is 4.74 Å². The van der Waals surface area contributed by atoms with Gasteiger partial charge in [-0.2, -0.15) is 0 Å². The number of phenolic OH excluding ortho intramolecular Hbond substituents is 1. The normalized spacial score (nSPS) is 17.3. The zero-order valence-corrected chi connectivity index (χ0v) is 14.3. The van der Waals surface area contributed by atoms with Gasteiger partial charge in [-0.25, -0.2) is 4.39 Å². The van der Waals surface area contributed by atoms with Crippen molar-refractivity contribution in [3.8, 4) is 11.5 Å². The number of hydrogen-bond acceptors (Lipinski definition) is 4. The van der Waals surface area contributed by atoms with E-state index in [-0.39, 0.29) is 34.8 Å². The average molecular weight is 365 g/mol. The van der Waals surface area contributed by atoms with Gasteiger partial charge in [0.05, 0.1) is 17.2 Å². The van der Waals surface area contributed by atoms with Gasteiger partial charge >= 0.3 is 0 Å². The Morgan fingerprint density at radius 3 is 2.84 bits per heavy atom. The van der Waals surface area contributed by atoms with Crippen LogP contribution in [0.2, 0.25) is 5.02 Å². The molecule has 0 spiro atoms. The van der Waals surface area contributed by atoms with E-state index in [1.807, 2.05) is 0 Å². The molecule has 0 radical (unpaired) electrons. The first-order valence-corrected chi connectivity index (χ1v) is 8.49. The van der Waals surface area contributed by atoms with Crippen molar-refractivity contribution in [3.05, 3.63) is 58.4 Å². The van der Waals surface area contributed by atoms with Gasteiger partial charge in [-0.05, 0) is 48.7 Å². The van der Waals surface area contributed by atoms with Crippen LogP contribution >= 0.6 is 11.6 Å². The fraction of sp³-hybridized carbons (Fsp3) is 0.316. The number of rotatable bonds is 5. The van der Waals surface area contributed by atoms with Crippen LogP contribution in [-0.4, -0.2) is 23.8 Å². The van der Waals surface area contributed by atoms with Crippen molar-refractivity contribution in [1.82, 2.24) is 0 Å². The molecule has 0 amide bonds. The third-order valence-corrected chi connectivity index (χ3v) is 4.33. The lowest BCUT2D eigenvalue weighted by Crippen LogP contribution is -2.25. The molecule has 132 valence electrons.